The SMILES string of the molecule is C=C(N)c1nc(NCC(C)c2ccccc2)n(C2CCC(CO)O2)c1/N=C\C. The number of hydrogen-bond acceptors (Lipinski definition) is 6. The number of aliphatic hydroxyl groups is 1. The van der Waals surface area contributed by atoms with Gasteiger partial charge in [-0.2, -0.15) is 0 Å². The van der Waals surface area contributed by atoms with Gasteiger partial charge in [-0.25, -0.2) is 9.98 Å². The number of aromatic nitrogens is 2. The average molecular weight is 383 g/mol. The number of nitrogens with one attached hydrogen (secondary N) is 1. The van der Waals surface area contributed by atoms with E-state index in [1.807, 2.05) is 29.7 Å². The second-order valence-corrected chi connectivity index (χ2v) is 7.06. The number of benzene rings is 1. The average Bonchev–Trinajstić information content (AvgIpc) is 3.31. The molecule has 7 nitrogen and oxygen atoms in total. The van der Waals surface area contributed by atoms with E-state index >= 15 is 0 Å². The Morgan fingerprint density at radius 3 is 2.82 bits per heavy atom. The van der Waals surface area contributed by atoms with Crippen molar-refractivity contribution in [1.82, 2.24) is 9.55 Å². The maximum Gasteiger partial charge on any atom is 0.207 e. The second-order valence-electron chi connectivity index (χ2n) is 7.06. The van der Waals surface area contributed by atoms with E-state index in [2.05, 4.69) is 40.9 Å². The Bertz CT molecular complexity index is 831. The molecule has 1 fully saturated rings. The van der Waals surface area contributed by atoms with E-state index in [0.29, 0.717) is 35.6 Å². The molecule has 0 saturated carbocycles. The Labute approximate surface area is 166 Å². The minimum Gasteiger partial charge on any atom is -0.397 e. The van der Waals surface area contributed by atoms with Gasteiger partial charge in [0.25, 0.3) is 0 Å². The Kier molecular flexibility index (Phi) is 6.49. The number of hydrogen-bond donors (Lipinski definition) is 3. The highest BCUT2D eigenvalue weighted by Gasteiger charge is 2.31. The predicted molar refractivity (Wildman–Crippen MR) is 113 cm³/mol. The van der Waals surface area contributed by atoms with E-state index in [1.54, 1.807) is 6.21 Å². The van der Waals surface area contributed by atoms with Gasteiger partial charge in [-0.1, -0.05) is 43.8 Å². The zero-order valence-electron chi connectivity index (χ0n) is 16.5. The molecule has 3 unspecified atom stereocenters. The van der Waals surface area contributed by atoms with Gasteiger partial charge in [-0.05, 0) is 31.2 Å². The van der Waals surface area contributed by atoms with Gasteiger partial charge in [0.15, 0.2) is 5.82 Å². The molecule has 2 aromatic rings. The number of nitrogens with two attached hydrogens (primary N) is 1. The summed E-state index contributed by atoms with van der Waals surface area (Å²) in [6.07, 6.45) is 2.83. The third-order valence-electron chi connectivity index (χ3n) is 4.95. The highest BCUT2D eigenvalue weighted by atomic mass is 16.5. The van der Waals surface area contributed by atoms with E-state index in [1.165, 1.54) is 5.56 Å². The van der Waals surface area contributed by atoms with Gasteiger partial charge in [0.05, 0.1) is 18.4 Å². The molecule has 4 N–H and O–H groups in total. The quantitative estimate of drug-likeness (QED) is 0.607. The Morgan fingerprint density at radius 2 is 2.21 bits per heavy atom. The zero-order chi connectivity index (χ0) is 20.1. The fraction of sp³-hybridized carbons (Fsp3) is 0.429. The molecule has 150 valence electrons. The van der Waals surface area contributed by atoms with Crippen LogP contribution < -0.4 is 11.1 Å². The van der Waals surface area contributed by atoms with Crippen LogP contribution in [-0.2, 0) is 4.74 Å². The number of aliphatic hydroxyl groups excluding tert-OH is 1. The first kappa shape index (κ1) is 20.1. The number of rotatable bonds is 8. The molecule has 1 aliphatic rings. The number of imidazole rings is 1. The maximum atomic E-state index is 9.44. The fourth-order valence-electron chi connectivity index (χ4n) is 3.44. The third-order valence-corrected chi connectivity index (χ3v) is 4.95. The zero-order valence-corrected chi connectivity index (χ0v) is 16.5. The molecule has 0 radical (unpaired) electrons. The number of ether oxygens (including phenoxy) is 1. The van der Waals surface area contributed by atoms with Gasteiger partial charge >= 0.3 is 0 Å². The van der Waals surface area contributed by atoms with Crippen molar-refractivity contribution in [2.45, 2.75) is 44.9 Å². The molecule has 0 bridgehead atoms. The molecule has 1 aliphatic heterocycles. The summed E-state index contributed by atoms with van der Waals surface area (Å²) in [5, 5.41) is 12.9. The first-order valence-corrected chi connectivity index (χ1v) is 9.65. The standard InChI is InChI=1S/C21H29N5O2/c1-4-23-20-19(15(3)22)25-21(26(20)18-11-10-17(13-27)28-18)24-12-14(2)16-8-6-5-7-9-16/h4-9,14,17-18,27H,3,10-13,22H2,1-2H3,(H,24,25)/b23-4-. The van der Waals surface area contributed by atoms with Crippen molar-refractivity contribution in [1.29, 1.82) is 0 Å². The van der Waals surface area contributed by atoms with Crippen LogP contribution in [-0.4, -0.2) is 40.1 Å². The van der Waals surface area contributed by atoms with E-state index in [9.17, 15) is 5.11 Å². The molecule has 0 amide bonds. The molecule has 1 aromatic heterocycles. The van der Waals surface area contributed by atoms with Crippen molar-refractivity contribution in [2.24, 2.45) is 10.7 Å². The van der Waals surface area contributed by atoms with E-state index < -0.39 is 0 Å². The maximum absolute atomic E-state index is 9.44. The molecule has 1 aromatic carbocycles. The van der Waals surface area contributed by atoms with Crippen LogP contribution in [0.1, 0.15) is 50.1 Å². The lowest BCUT2D eigenvalue weighted by atomic mass is 10.0. The van der Waals surface area contributed by atoms with Crippen LogP contribution in [0.3, 0.4) is 0 Å². The lowest BCUT2D eigenvalue weighted by Crippen LogP contribution is -2.18. The monoisotopic (exact) mass is 383 g/mol. The molecule has 7 heteroatoms. The molecule has 0 aliphatic carbocycles. The summed E-state index contributed by atoms with van der Waals surface area (Å²) in [5.74, 6) is 1.56. The summed E-state index contributed by atoms with van der Waals surface area (Å²) in [5.41, 5.74) is 8.13. The van der Waals surface area contributed by atoms with Crippen LogP contribution >= 0.6 is 0 Å². The van der Waals surface area contributed by atoms with Crippen LogP contribution in [0.15, 0.2) is 41.9 Å². The Morgan fingerprint density at radius 1 is 1.46 bits per heavy atom. The van der Waals surface area contributed by atoms with Gasteiger partial charge in [-0.3, -0.25) is 4.57 Å². The van der Waals surface area contributed by atoms with Crippen molar-refractivity contribution in [3.8, 4) is 0 Å². The summed E-state index contributed by atoms with van der Waals surface area (Å²) in [7, 11) is 0. The molecule has 28 heavy (non-hydrogen) atoms. The summed E-state index contributed by atoms with van der Waals surface area (Å²) in [4.78, 5) is 9.14. The predicted octanol–water partition coefficient (Wildman–Crippen LogP) is 3.42. The fourth-order valence-corrected chi connectivity index (χ4v) is 3.44. The largest absolute Gasteiger partial charge is 0.397 e. The van der Waals surface area contributed by atoms with Gasteiger partial charge in [0, 0.05) is 12.8 Å². The molecule has 2 heterocycles. The van der Waals surface area contributed by atoms with Gasteiger partial charge < -0.3 is 20.9 Å². The lowest BCUT2D eigenvalue weighted by Gasteiger charge is -2.20. The smallest absolute Gasteiger partial charge is 0.207 e. The summed E-state index contributed by atoms with van der Waals surface area (Å²) >= 11 is 0. The van der Waals surface area contributed by atoms with Crippen molar-refractivity contribution < 1.29 is 9.84 Å². The number of nitrogens with zero attached hydrogens (tertiary/aromatic N) is 3. The number of aliphatic imine (C=N–C) groups is 1. The molecular formula is C21H29N5O2. The van der Waals surface area contributed by atoms with E-state index in [4.69, 9.17) is 10.5 Å². The number of anilines is 1. The molecule has 0 spiro atoms. The Balaban J connectivity index is 1.90. The first-order valence-electron chi connectivity index (χ1n) is 9.65. The Hall–Kier alpha value is -2.64. The highest BCUT2D eigenvalue weighted by Crippen LogP contribution is 2.38. The summed E-state index contributed by atoms with van der Waals surface area (Å²) in [6.45, 7) is 8.55. The highest BCUT2D eigenvalue weighted by molar-refractivity contribution is 5.72. The molecular weight excluding hydrogens is 354 g/mol. The van der Waals surface area contributed by atoms with Crippen LogP contribution in [0.2, 0.25) is 0 Å². The van der Waals surface area contributed by atoms with Crippen molar-refractivity contribution in [3.63, 3.8) is 0 Å². The first-order chi connectivity index (χ1) is 13.5. The van der Waals surface area contributed by atoms with Crippen molar-refractivity contribution in [2.75, 3.05) is 18.5 Å². The molecule has 1 saturated heterocycles. The second kappa shape index (κ2) is 9.03. The topological polar surface area (TPSA) is 97.7 Å². The molecule has 3 rings (SSSR count). The summed E-state index contributed by atoms with van der Waals surface area (Å²) < 4.78 is 7.93. The van der Waals surface area contributed by atoms with Crippen LogP contribution in [0.4, 0.5) is 11.8 Å². The summed E-state index contributed by atoms with van der Waals surface area (Å²) in [6, 6.07) is 10.3. The normalized spacial score (nSPS) is 20.5. The van der Waals surface area contributed by atoms with Crippen LogP contribution in [0, 0.1) is 0 Å². The molecule has 3 atom stereocenters. The third kappa shape index (κ3) is 4.26. The van der Waals surface area contributed by atoms with Crippen LogP contribution in [0.5, 0.6) is 0 Å². The van der Waals surface area contributed by atoms with Gasteiger partial charge in [0.1, 0.15) is 11.9 Å². The van der Waals surface area contributed by atoms with E-state index in [0.717, 1.165) is 12.8 Å². The van der Waals surface area contributed by atoms with Gasteiger partial charge in [0.2, 0.25) is 5.95 Å². The minimum absolute atomic E-state index is 0.00182. The van der Waals surface area contributed by atoms with Gasteiger partial charge in [-0.15, -0.1) is 0 Å². The van der Waals surface area contributed by atoms with E-state index in [-0.39, 0.29) is 18.9 Å². The lowest BCUT2D eigenvalue weighted by molar-refractivity contribution is -0.0206. The van der Waals surface area contributed by atoms with Crippen molar-refractivity contribution in [3.05, 3.63) is 48.2 Å². The van der Waals surface area contributed by atoms with Crippen molar-refractivity contribution >= 4 is 23.7 Å². The minimum atomic E-state index is -0.258. The van der Waals surface area contributed by atoms with Crippen LogP contribution in [0.25, 0.3) is 5.70 Å².